The summed E-state index contributed by atoms with van der Waals surface area (Å²) in [5.74, 6) is -1.27. The second-order valence-electron chi connectivity index (χ2n) is 3.48. The van der Waals surface area contributed by atoms with E-state index in [0.29, 0.717) is 6.54 Å². The monoisotopic (exact) mass is 251 g/mol. The van der Waals surface area contributed by atoms with E-state index in [2.05, 4.69) is 5.32 Å². The minimum atomic E-state index is -0.552. The van der Waals surface area contributed by atoms with Crippen LogP contribution in [0.3, 0.4) is 0 Å². The molecule has 88 valence electrons. The van der Waals surface area contributed by atoms with Crippen LogP contribution < -0.4 is 5.32 Å². The summed E-state index contributed by atoms with van der Waals surface area (Å²) in [6, 6.07) is 5.16. The first kappa shape index (κ1) is 11.6. The number of hydrogen-bond donors (Lipinski definition) is 2. The summed E-state index contributed by atoms with van der Waals surface area (Å²) in [6.07, 6.45) is 0. The Balaban J connectivity index is 2.07. The van der Waals surface area contributed by atoms with E-state index in [-0.39, 0.29) is 11.3 Å². The molecule has 0 radical (unpaired) electrons. The lowest BCUT2D eigenvalue weighted by atomic mass is 10.2. The van der Waals surface area contributed by atoms with E-state index in [0.717, 1.165) is 23.8 Å². The first-order chi connectivity index (χ1) is 8.16. The number of carbonyl (C=O) groups excluding carboxylic acids is 1. The molecule has 0 saturated heterocycles. The number of nitrogens with one attached hydrogen (secondary N) is 1. The van der Waals surface area contributed by atoms with Crippen molar-refractivity contribution in [3.63, 3.8) is 0 Å². The van der Waals surface area contributed by atoms with E-state index in [1.54, 1.807) is 0 Å². The number of carbonyl (C=O) groups is 1. The summed E-state index contributed by atoms with van der Waals surface area (Å²) in [6.45, 7) is 0.359. The van der Waals surface area contributed by atoms with Gasteiger partial charge in [0.15, 0.2) is 0 Å². The van der Waals surface area contributed by atoms with Gasteiger partial charge in [0.05, 0.1) is 5.56 Å². The van der Waals surface area contributed by atoms with Crippen molar-refractivity contribution < 1.29 is 14.3 Å². The molecular weight excluding hydrogens is 241 g/mol. The van der Waals surface area contributed by atoms with Crippen molar-refractivity contribution in [1.82, 2.24) is 5.32 Å². The molecule has 0 aliphatic carbocycles. The first-order valence-corrected chi connectivity index (χ1v) is 5.89. The third-order valence-corrected chi connectivity index (χ3v) is 2.97. The van der Waals surface area contributed by atoms with E-state index in [4.69, 9.17) is 0 Å². The van der Waals surface area contributed by atoms with Crippen molar-refractivity contribution in [3.05, 3.63) is 52.0 Å². The summed E-state index contributed by atoms with van der Waals surface area (Å²) in [7, 11) is 0. The maximum absolute atomic E-state index is 12.9. The molecule has 0 atom stereocenters. The Morgan fingerprint density at radius 2 is 2.24 bits per heavy atom. The zero-order valence-corrected chi connectivity index (χ0v) is 9.63. The van der Waals surface area contributed by atoms with Crippen molar-refractivity contribution in [2.75, 3.05) is 0 Å². The highest BCUT2D eigenvalue weighted by molar-refractivity contribution is 7.07. The number of rotatable bonds is 3. The summed E-state index contributed by atoms with van der Waals surface area (Å²) in [5, 5.41) is 15.9. The predicted molar refractivity (Wildman–Crippen MR) is 63.6 cm³/mol. The van der Waals surface area contributed by atoms with Gasteiger partial charge in [-0.1, -0.05) is 0 Å². The van der Waals surface area contributed by atoms with E-state index >= 15 is 0 Å². The SMILES string of the molecule is O=C(NCc1ccsc1)c1cc(F)ccc1O. The Labute approximate surface area is 102 Å². The Morgan fingerprint density at radius 1 is 1.41 bits per heavy atom. The van der Waals surface area contributed by atoms with Crippen molar-refractivity contribution in [2.24, 2.45) is 0 Å². The molecule has 2 aromatic rings. The number of benzene rings is 1. The van der Waals surface area contributed by atoms with Gasteiger partial charge >= 0.3 is 0 Å². The van der Waals surface area contributed by atoms with Crippen LogP contribution in [0.15, 0.2) is 35.0 Å². The molecule has 0 unspecified atom stereocenters. The van der Waals surface area contributed by atoms with Gasteiger partial charge in [0, 0.05) is 6.54 Å². The van der Waals surface area contributed by atoms with Crippen LogP contribution >= 0.6 is 11.3 Å². The fraction of sp³-hybridized carbons (Fsp3) is 0.0833. The van der Waals surface area contributed by atoms with Gasteiger partial charge in [-0.25, -0.2) is 4.39 Å². The molecule has 0 fully saturated rings. The third kappa shape index (κ3) is 2.82. The van der Waals surface area contributed by atoms with Crippen LogP contribution in [0, 0.1) is 5.82 Å². The van der Waals surface area contributed by atoms with E-state index in [1.165, 1.54) is 11.3 Å². The maximum Gasteiger partial charge on any atom is 0.255 e. The van der Waals surface area contributed by atoms with E-state index in [1.807, 2.05) is 16.8 Å². The number of halogens is 1. The molecule has 0 aliphatic rings. The molecule has 1 aromatic heterocycles. The molecule has 17 heavy (non-hydrogen) atoms. The summed E-state index contributed by atoms with van der Waals surface area (Å²) >= 11 is 1.53. The molecule has 0 spiro atoms. The summed E-state index contributed by atoms with van der Waals surface area (Å²) in [4.78, 5) is 11.7. The number of amides is 1. The second kappa shape index (κ2) is 4.97. The molecular formula is C12H10FNO2S. The van der Waals surface area contributed by atoms with Gasteiger partial charge in [-0.3, -0.25) is 4.79 Å². The molecule has 1 amide bonds. The fourth-order valence-electron chi connectivity index (χ4n) is 1.36. The molecule has 1 aromatic carbocycles. The Kier molecular flexibility index (Phi) is 3.39. The van der Waals surface area contributed by atoms with Gasteiger partial charge in [-0.05, 0) is 40.6 Å². The second-order valence-corrected chi connectivity index (χ2v) is 4.26. The summed E-state index contributed by atoms with van der Waals surface area (Å²) in [5.41, 5.74) is 0.916. The molecule has 0 bridgehead atoms. The largest absolute Gasteiger partial charge is 0.507 e. The van der Waals surface area contributed by atoms with Crippen LogP contribution in [-0.4, -0.2) is 11.0 Å². The topological polar surface area (TPSA) is 49.3 Å². The highest BCUT2D eigenvalue weighted by atomic mass is 32.1. The molecule has 2 rings (SSSR count). The molecule has 1 heterocycles. The Hall–Kier alpha value is -1.88. The zero-order valence-electron chi connectivity index (χ0n) is 8.81. The van der Waals surface area contributed by atoms with E-state index in [9.17, 15) is 14.3 Å². The number of phenolic OH excluding ortho intramolecular Hbond substituents is 1. The number of phenols is 1. The van der Waals surface area contributed by atoms with Crippen molar-refractivity contribution in [1.29, 1.82) is 0 Å². The number of aromatic hydroxyl groups is 1. The average molecular weight is 251 g/mol. The number of thiophene rings is 1. The molecule has 0 saturated carbocycles. The van der Waals surface area contributed by atoms with Gasteiger partial charge in [0.2, 0.25) is 0 Å². The zero-order chi connectivity index (χ0) is 12.3. The molecule has 3 nitrogen and oxygen atoms in total. The normalized spacial score (nSPS) is 10.2. The Morgan fingerprint density at radius 3 is 2.94 bits per heavy atom. The quantitative estimate of drug-likeness (QED) is 0.880. The Bertz CT molecular complexity index is 525. The van der Waals surface area contributed by atoms with Crippen LogP contribution in [0.25, 0.3) is 0 Å². The van der Waals surface area contributed by atoms with Gasteiger partial charge in [-0.2, -0.15) is 11.3 Å². The van der Waals surface area contributed by atoms with Gasteiger partial charge in [-0.15, -0.1) is 0 Å². The minimum absolute atomic E-state index is 0.0553. The molecule has 0 aliphatic heterocycles. The lowest BCUT2D eigenvalue weighted by Crippen LogP contribution is -2.22. The highest BCUT2D eigenvalue weighted by Crippen LogP contribution is 2.17. The number of hydrogen-bond acceptors (Lipinski definition) is 3. The lowest BCUT2D eigenvalue weighted by molar-refractivity contribution is 0.0948. The molecule has 2 N–H and O–H groups in total. The standard InChI is InChI=1S/C12H10FNO2S/c13-9-1-2-11(15)10(5-9)12(16)14-6-8-3-4-17-7-8/h1-5,7,15H,6H2,(H,14,16). The smallest absolute Gasteiger partial charge is 0.255 e. The minimum Gasteiger partial charge on any atom is -0.507 e. The van der Waals surface area contributed by atoms with Crippen molar-refractivity contribution in [3.8, 4) is 5.75 Å². The third-order valence-electron chi connectivity index (χ3n) is 2.24. The maximum atomic E-state index is 12.9. The van der Waals surface area contributed by atoms with Crippen LogP contribution in [0.1, 0.15) is 15.9 Å². The predicted octanol–water partition coefficient (Wildman–Crippen LogP) is 2.52. The van der Waals surface area contributed by atoms with Crippen molar-refractivity contribution in [2.45, 2.75) is 6.54 Å². The van der Waals surface area contributed by atoms with Crippen LogP contribution in [0.4, 0.5) is 4.39 Å². The fourth-order valence-corrected chi connectivity index (χ4v) is 2.03. The first-order valence-electron chi connectivity index (χ1n) is 4.94. The van der Waals surface area contributed by atoms with Gasteiger partial charge < -0.3 is 10.4 Å². The average Bonchev–Trinajstić information content (AvgIpc) is 2.82. The molecule has 5 heteroatoms. The highest BCUT2D eigenvalue weighted by Gasteiger charge is 2.11. The van der Waals surface area contributed by atoms with Gasteiger partial charge in [0.25, 0.3) is 5.91 Å². The van der Waals surface area contributed by atoms with Gasteiger partial charge in [0.1, 0.15) is 11.6 Å². The van der Waals surface area contributed by atoms with E-state index < -0.39 is 11.7 Å². The van der Waals surface area contributed by atoms with Crippen molar-refractivity contribution >= 4 is 17.2 Å². The lowest BCUT2D eigenvalue weighted by Gasteiger charge is -2.05. The van der Waals surface area contributed by atoms with Crippen LogP contribution in [0.2, 0.25) is 0 Å². The summed E-state index contributed by atoms with van der Waals surface area (Å²) < 4.78 is 12.9. The van der Waals surface area contributed by atoms with Crippen LogP contribution in [0.5, 0.6) is 5.75 Å². The van der Waals surface area contributed by atoms with Crippen LogP contribution in [-0.2, 0) is 6.54 Å².